The summed E-state index contributed by atoms with van der Waals surface area (Å²) in [4.78, 5) is 8.94. The standard InChI is InChI=1S/CH4N2O.Na.H/c2-3-1-4;;/h1H,2H2,(H,3,4);;/q;+1;-1. The van der Waals surface area contributed by atoms with Gasteiger partial charge in [0, 0.05) is 0 Å². The van der Waals surface area contributed by atoms with Gasteiger partial charge in [-0.15, -0.1) is 0 Å². The van der Waals surface area contributed by atoms with Crippen molar-refractivity contribution in [2.24, 2.45) is 5.84 Å². The molecule has 0 rings (SSSR count). The van der Waals surface area contributed by atoms with E-state index in [1.54, 1.807) is 5.43 Å². The molecular weight excluding hydrogens is 79.0 g/mol. The number of carbonyl (C=O) groups is 1. The van der Waals surface area contributed by atoms with Gasteiger partial charge in [-0.1, -0.05) is 0 Å². The number of hydrogen-bond acceptors (Lipinski definition) is 2. The molecule has 0 aromatic rings. The summed E-state index contributed by atoms with van der Waals surface area (Å²) in [6.45, 7) is 0. The first-order chi connectivity index (χ1) is 1.91. The minimum absolute atomic E-state index is 0. The van der Waals surface area contributed by atoms with Gasteiger partial charge in [-0.2, -0.15) is 0 Å². The first-order valence-corrected chi connectivity index (χ1v) is 0.813. The Hall–Kier alpha value is 0.430. The predicted octanol–water partition coefficient (Wildman–Crippen LogP) is -4.28. The van der Waals surface area contributed by atoms with Crippen LogP contribution in [0.25, 0.3) is 0 Å². The van der Waals surface area contributed by atoms with E-state index in [0.29, 0.717) is 6.41 Å². The van der Waals surface area contributed by atoms with Crippen LogP contribution in [0, 0.1) is 0 Å². The van der Waals surface area contributed by atoms with Gasteiger partial charge in [-0.25, -0.2) is 5.84 Å². The van der Waals surface area contributed by atoms with Gasteiger partial charge in [0.25, 0.3) is 0 Å². The molecule has 0 saturated carbocycles. The van der Waals surface area contributed by atoms with Crippen LogP contribution < -0.4 is 40.8 Å². The molecule has 0 unspecified atom stereocenters. The minimum atomic E-state index is 0. The molecule has 0 saturated heterocycles. The molecule has 0 atom stereocenters. The van der Waals surface area contributed by atoms with Crippen molar-refractivity contribution >= 4 is 6.41 Å². The number of rotatable bonds is 1. The molecule has 0 heterocycles. The first kappa shape index (κ1) is 9.06. The molecule has 0 bridgehead atoms. The molecule has 0 aromatic heterocycles. The van der Waals surface area contributed by atoms with Crippen LogP contribution in [0.1, 0.15) is 1.43 Å². The molecule has 0 aliphatic rings. The molecule has 3 nitrogen and oxygen atoms in total. The van der Waals surface area contributed by atoms with E-state index in [1.165, 1.54) is 0 Å². The van der Waals surface area contributed by atoms with Crippen LogP contribution in [-0.2, 0) is 4.79 Å². The Bertz CT molecular complexity index is 27.5. The van der Waals surface area contributed by atoms with Crippen molar-refractivity contribution in [1.29, 1.82) is 0 Å². The molecule has 0 aliphatic carbocycles. The molecule has 3 N–H and O–H groups in total. The van der Waals surface area contributed by atoms with Gasteiger partial charge in [0.1, 0.15) is 0 Å². The van der Waals surface area contributed by atoms with Gasteiger partial charge in [-0.3, -0.25) is 10.2 Å². The van der Waals surface area contributed by atoms with Crippen LogP contribution in [0.3, 0.4) is 0 Å². The monoisotopic (exact) mass is 84.0 g/mol. The van der Waals surface area contributed by atoms with E-state index in [4.69, 9.17) is 4.79 Å². The van der Waals surface area contributed by atoms with Gasteiger partial charge in [0.05, 0.1) is 0 Å². The van der Waals surface area contributed by atoms with Gasteiger partial charge >= 0.3 is 29.6 Å². The van der Waals surface area contributed by atoms with E-state index in [0.717, 1.165) is 0 Å². The maximum atomic E-state index is 8.94. The maximum absolute atomic E-state index is 8.94. The van der Waals surface area contributed by atoms with Gasteiger partial charge in [0.2, 0.25) is 6.41 Å². The Morgan fingerprint density at radius 1 is 2.00 bits per heavy atom. The van der Waals surface area contributed by atoms with Gasteiger partial charge in [-0.05, 0) is 0 Å². The molecule has 4 heteroatoms. The first-order valence-electron chi connectivity index (χ1n) is 0.813. The molecular formula is CH5N2NaO. The van der Waals surface area contributed by atoms with Crippen LogP contribution in [-0.4, -0.2) is 6.41 Å². The summed E-state index contributed by atoms with van der Waals surface area (Å²) in [5, 5.41) is 0. The van der Waals surface area contributed by atoms with Crippen molar-refractivity contribution in [2.45, 2.75) is 0 Å². The second-order valence-corrected chi connectivity index (χ2v) is 0.285. The van der Waals surface area contributed by atoms with Crippen molar-refractivity contribution in [1.82, 2.24) is 5.43 Å². The van der Waals surface area contributed by atoms with Crippen LogP contribution in [0.4, 0.5) is 0 Å². The fraction of sp³-hybridized carbons (Fsp3) is 0. The summed E-state index contributed by atoms with van der Waals surface area (Å²) in [6, 6.07) is 0. The molecule has 26 valence electrons. The Labute approximate surface area is 53.7 Å². The zero-order valence-electron chi connectivity index (χ0n) is 4.06. The van der Waals surface area contributed by atoms with Crippen molar-refractivity contribution in [3.8, 4) is 0 Å². The predicted molar refractivity (Wildman–Crippen MR) is 14.5 cm³/mol. The second kappa shape index (κ2) is 8.83. The Balaban J connectivity index is -0.0000000450. The summed E-state index contributed by atoms with van der Waals surface area (Å²) in [5.74, 6) is 4.41. The quantitative estimate of drug-likeness (QED) is 0.111. The molecule has 0 aliphatic heterocycles. The largest absolute Gasteiger partial charge is 1.00 e. The minimum Gasteiger partial charge on any atom is -1.00 e. The Morgan fingerprint density at radius 3 is 2.20 bits per heavy atom. The molecule has 0 aromatic carbocycles. The molecule has 0 radical (unpaired) electrons. The van der Waals surface area contributed by atoms with E-state index in [1.807, 2.05) is 0 Å². The third kappa shape index (κ3) is 12.8. The SMILES string of the molecule is NNC=O.[H-].[Na+]. The zero-order chi connectivity index (χ0) is 3.41. The summed E-state index contributed by atoms with van der Waals surface area (Å²) < 4.78 is 0. The second-order valence-electron chi connectivity index (χ2n) is 0.285. The summed E-state index contributed by atoms with van der Waals surface area (Å²) in [7, 11) is 0. The van der Waals surface area contributed by atoms with Gasteiger partial charge in [0.15, 0.2) is 0 Å². The van der Waals surface area contributed by atoms with Gasteiger partial charge < -0.3 is 1.43 Å². The molecule has 5 heavy (non-hydrogen) atoms. The van der Waals surface area contributed by atoms with E-state index >= 15 is 0 Å². The van der Waals surface area contributed by atoms with E-state index in [9.17, 15) is 0 Å². The number of hydrazine groups is 1. The third-order valence-electron chi connectivity index (χ3n) is 0.0680. The average molecular weight is 84.1 g/mol. The maximum Gasteiger partial charge on any atom is 1.00 e. The van der Waals surface area contributed by atoms with Crippen molar-refractivity contribution in [3.05, 3.63) is 0 Å². The molecule has 1 amide bonds. The number of carbonyl (C=O) groups excluding carboxylic acids is 1. The van der Waals surface area contributed by atoms with Crippen LogP contribution >= 0.6 is 0 Å². The number of nitrogens with one attached hydrogen (secondary N) is 1. The fourth-order valence-corrected chi connectivity index (χ4v) is 0. The van der Waals surface area contributed by atoms with E-state index in [-0.39, 0.29) is 31.0 Å². The normalized spacial score (nSPS) is 4.20. The molecule has 0 fully saturated rings. The van der Waals surface area contributed by atoms with Crippen LogP contribution in [0.2, 0.25) is 0 Å². The van der Waals surface area contributed by atoms with Crippen molar-refractivity contribution in [3.63, 3.8) is 0 Å². The van der Waals surface area contributed by atoms with Crippen LogP contribution in [0.15, 0.2) is 0 Å². The summed E-state index contributed by atoms with van der Waals surface area (Å²) in [5.41, 5.74) is 1.75. The summed E-state index contributed by atoms with van der Waals surface area (Å²) >= 11 is 0. The van der Waals surface area contributed by atoms with Crippen molar-refractivity contribution < 1.29 is 35.8 Å². The van der Waals surface area contributed by atoms with E-state index < -0.39 is 0 Å². The average Bonchev–Trinajstić information content (AvgIpc) is 1.37. The fourth-order valence-electron chi connectivity index (χ4n) is 0. The summed E-state index contributed by atoms with van der Waals surface area (Å²) in [6.07, 6.45) is 0.403. The molecule has 0 spiro atoms. The van der Waals surface area contributed by atoms with E-state index in [2.05, 4.69) is 5.84 Å². The number of hydrogen-bond donors (Lipinski definition) is 2. The third-order valence-corrected chi connectivity index (χ3v) is 0.0680. The Kier molecular flexibility index (Phi) is 16.0. The topological polar surface area (TPSA) is 55.1 Å². The zero-order valence-corrected chi connectivity index (χ0v) is 5.06. The number of nitrogens with two attached hydrogens (primary N) is 1. The Morgan fingerprint density at radius 2 is 2.20 bits per heavy atom. The number of amides is 1. The van der Waals surface area contributed by atoms with Crippen LogP contribution in [0.5, 0.6) is 0 Å². The van der Waals surface area contributed by atoms with Crippen molar-refractivity contribution in [2.75, 3.05) is 0 Å². The smallest absolute Gasteiger partial charge is 1.00 e.